The van der Waals surface area contributed by atoms with Crippen LogP contribution >= 0.6 is 23.1 Å². The minimum atomic E-state index is -0.763. The lowest BCUT2D eigenvalue weighted by Crippen LogP contribution is -1.97. The third kappa shape index (κ3) is 2.63. The van der Waals surface area contributed by atoms with Crippen LogP contribution in [-0.2, 0) is 0 Å². The van der Waals surface area contributed by atoms with Gasteiger partial charge in [-0.25, -0.2) is 4.98 Å². The molecule has 3 aromatic rings. The normalized spacial score (nSPS) is 10.7. The summed E-state index contributed by atoms with van der Waals surface area (Å²) in [5.41, 5.74) is -1.04. The highest BCUT2D eigenvalue weighted by Crippen LogP contribution is 2.40. The summed E-state index contributed by atoms with van der Waals surface area (Å²) in [6, 6.07) is 12.1. The van der Waals surface area contributed by atoms with E-state index in [-0.39, 0.29) is 5.52 Å². The Morgan fingerprint density at radius 3 is 2.36 bits per heavy atom. The number of hydrogen-bond donors (Lipinski definition) is 0. The summed E-state index contributed by atoms with van der Waals surface area (Å²) in [5, 5.41) is 22.1. The zero-order chi connectivity index (χ0) is 15.7. The Morgan fingerprint density at radius 1 is 1.00 bits per heavy atom. The number of fused-ring (bicyclic) bond motifs is 1. The first-order valence-electron chi connectivity index (χ1n) is 6.01. The molecule has 0 atom stereocenters. The SMILES string of the molecule is O=[N+]([O-])c1ccc2sc(Sc3ccccc3)nc2c1[N+](=O)[O-]. The van der Waals surface area contributed by atoms with Gasteiger partial charge in [0, 0.05) is 11.0 Å². The van der Waals surface area contributed by atoms with Gasteiger partial charge in [0.05, 0.1) is 14.5 Å². The fourth-order valence-electron chi connectivity index (χ4n) is 1.91. The molecule has 0 fully saturated rings. The molecule has 7 nitrogen and oxygen atoms in total. The Kier molecular flexibility index (Phi) is 3.73. The number of hydrogen-bond acceptors (Lipinski definition) is 7. The maximum atomic E-state index is 11.2. The van der Waals surface area contributed by atoms with Gasteiger partial charge >= 0.3 is 11.4 Å². The standard InChI is InChI=1S/C13H7N3O4S2/c17-15(18)9-6-7-10-11(12(9)16(19)20)14-13(22-10)21-8-4-2-1-3-5-8/h1-7H. The van der Waals surface area contributed by atoms with Crippen LogP contribution in [0, 0.1) is 20.2 Å². The highest BCUT2D eigenvalue weighted by Gasteiger charge is 2.29. The molecule has 0 amide bonds. The molecule has 1 heterocycles. The summed E-state index contributed by atoms with van der Waals surface area (Å²) in [7, 11) is 0. The summed E-state index contributed by atoms with van der Waals surface area (Å²) in [5.74, 6) is 0. The van der Waals surface area contributed by atoms with Crippen molar-refractivity contribution in [2.75, 3.05) is 0 Å². The lowest BCUT2D eigenvalue weighted by atomic mass is 10.2. The number of nitro groups is 2. The number of rotatable bonds is 4. The molecule has 0 aliphatic heterocycles. The summed E-state index contributed by atoms with van der Waals surface area (Å²) in [4.78, 5) is 25.7. The third-order valence-corrected chi connectivity index (χ3v) is 4.91. The van der Waals surface area contributed by atoms with E-state index in [9.17, 15) is 20.2 Å². The van der Waals surface area contributed by atoms with E-state index in [2.05, 4.69) is 4.98 Å². The summed E-state index contributed by atoms with van der Waals surface area (Å²) >= 11 is 2.63. The van der Waals surface area contributed by atoms with Crippen LogP contribution in [0.15, 0.2) is 51.7 Å². The molecule has 0 spiro atoms. The fourth-order valence-corrected chi connectivity index (χ4v) is 3.97. The number of nitrogens with zero attached hydrogens (tertiary/aromatic N) is 3. The van der Waals surface area contributed by atoms with Gasteiger partial charge in [0.1, 0.15) is 0 Å². The van der Waals surface area contributed by atoms with Crippen LogP contribution in [0.1, 0.15) is 0 Å². The zero-order valence-corrected chi connectivity index (χ0v) is 12.5. The zero-order valence-electron chi connectivity index (χ0n) is 10.8. The summed E-state index contributed by atoms with van der Waals surface area (Å²) < 4.78 is 1.15. The highest BCUT2D eigenvalue weighted by atomic mass is 32.2. The van der Waals surface area contributed by atoms with Crippen molar-refractivity contribution in [2.24, 2.45) is 0 Å². The van der Waals surface area contributed by atoms with Crippen molar-refractivity contribution in [3.05, 3.63) is 62.7 Å². The molecule has 3 rings (SSSR count). The van der Waals surface area contributed by atoms with Crippen LogP contribution in [-0.4, -0.2) is 14.8 Å². The van der Waals surface area contributed by atoms with Gasteiger partial charge in [-0.05, 0) is 18.2 Å². The van der Waals surface area contributed by atoms with Crippen molar-refractivity contribution in [1.82, 2.24) is 4.98 Å². The molecular weight excluding hydrogens is 326 g/mol. The molecule has 0 aliphatic rings. The number of nitro benzene ring substituents is 2. The molecule has 0 saturated heterocycles. The van der Waals surface area contributed by atoms with E-state index < -0.39 is 21.2 Å². The first kappa shape index (κ1) is 14.4. The molecule has 0 unspecified atom stereocenters. The van der Waals surface area contributed by atoms with Gasteiger partial charge in [0.15, 0.2) is 9.86 Å². The molecule has 0 aliphatic carbocycles. The third-order valence-electron chi connectivity index (χ3n) is 2.82. The second-order valence-electron chi connectivity index (χ2n) is 4.19. The molecule has 110 valence electrons. The lowest BCUT2D eigenvalue weighted by molar-refractivity contribution is -0.421. The Hall–Kier alpha value is -2.52. The molecule has 0 N–H and O–H groups in total. The van der Waals surface area contributed by atoms with Gasteiger partial charge in [-0.2, -0.15) is 0 Å². The molecule has 0 saturated carbocycles. The van der Waals surface area contributed by atoms with Gasteiger partial charge in [0.25, 0.3) is 0 Å². The van der Waals surface area contributed by atoms with Crippen molar-refractivity contribution < 1.29 is 9.85 Å². The largest absolute Gasteiger partial charge is 0.372 e. The summed E-state index contributed by atoms with van der Waals surface area (Å²) in [6.07, 6.45) is 0. The quantitative estimate of drug-likeness (QED) is 0.522. The molecular formula is C13H7N3O4S2. The molecule has 9 heteroatoms. The monoisotopic (exact) mass is 333 g/mol. The van der Waals surface area contributed by atoms with Crippen molar-refractivity contribution >= 4 is 44.7 Å². The second-order valence-corrected chi connectivity index (χ2v) is 6.54. The topological polar surface area (TPSA) is 99.2 Å². The van der Waals surface area contributed by atoms with E-state index in [0.29, 0.717) is 9.04 Å². The molecule has 2 aromatic carbocycles. The maximum absolute atomic E-state index is 11.2. The van der Waals surface area contributed by atoms with Crippen LogP contribution in [0.25, 0.3) is 10.2 Å². The van der Waals surface area contributed by atoms with Crippen molar-refractivity contribution in [2.45, 2.75) is 9.24 Å². The van der Waals surface area contributed by atoms with E-state index in [0.717, 1.165) is 11.0 Å². The Morgan fingerprint density at radius 2 is 1.73 bits per heavy atom. The van der Waals surface area contributed by atoms with E-state index in [1.165, 1.54) is 29.2 Å². The number of thiazole rings is 1. The van der Waals surface area contributed by atoms with Crippen LogP contribution in [0.5, 0.6) is 0 Å². The van der Waals surface area contributed by atoms with Crippen LogP contribution in [0.4, 0.5) is 11.4 Å². The predicted molar refractivity (Wildman–Crippen MR) is 83.5 cm³/mol. The Balaban J connectivity index is 2.11. The molecule has 22 heavy (non-hydrogen) atoms. The van der Waals surface area contributed by atoms with Crippen LogP contribution in [0.2, 0.25) is 0 Å². The van der Waals surface area contributed by atoms with Gasteiger partial charge in [0.2, 0.25) is 0 Å². The van der Waals surface area contributed by atoms with Crippen molar-refractivity contribution in [1.29, 1.82) is 0 Å². The first-order valence-corrected chi connectivity index (χ1v) is 7.65. The first-order chi connectivity index (χ1) is 10.6. The van der Waals surface area contributed by atoms with Crippen molar-refractivity contribution in [3.8, 4) is 0 Å². The number of benzene rings is 2. The minimum Gasteiger partial charge on any atom is -0.258 e. The molecule has 1 aromatic heterocycles. The Labute approximate surface area is 131 Å². The van der Waals surface area contributed by atoms with E-state index >= 15 is 0 Å². The van der Waals surface area contributed by atoms with Gasteiger partial charge < -0.3 is 0 Å². The molecule has 0 radical (unpaired) electrons. The average Bonchev–Trinajstić information content (AvgIpc) is 2.88. The minimum absolute atomic E-state index is 0.0580. The van der Waals surface area contributed by atoms with Crippen molar-refractivity contribution in [3.63, 3.8) is 0 Å². The summed E-state index contributed by atoms with van der Waals surface area (Å²) in [6.45, 7) is 0. The van der Waals surface area contributed by atoms with E-state index in [1.807, 2.05) is 30.3 Å². The van der Waals surface area contributed by atoms with Gasteiger partial charge in [-0.15, -0.1) is 11.3 Å². The average molecular weight is 333 g/mol. The Bertz CT molecular complexity index is 880. The predicted octanol–water partition coefficient (Wildman–Crippen LogP) is 4.26. The fraction of sp³-hybridized carbons (Fsp3) is 0. The van der Waals surface area contributed by atoms with Gasteiger partial charge in [-0.3, -0.25) is 20.2 Å². The van der Waals surface area contributed by atoms with Gasteiger partial charge in [-0.1, -0.05) is 30.0 Å². The van der Waals surface area contributed by atoms with Crippen LogP contribution in [0.3, 0.4) is 0 Å². The van der Waals surface area contributed by atoms with Crippen LogP contribution < -0.4 is 0 Å². The second kappa shape index (κ2) is 5.70. The van der Waals surface area contributed by atoms with E-state index in [4.69, 9.17) is 0 Å². The maximum Gasteiger partial charge on any atom is 0.372 e. The molecule has 0 bridgehead atoms. The highest BCUT2D eigenvalue weighted by molar-refractivity contribution is 8.01. The van der Waals surface area contributed by atoms with E-state index in [1.54, 1.807) is 0 Å². The smallest absolute Gasteiger partial charge is 0.258 e. The number of aromatic nitrogens is 1. The lowest BCUT2D eigenvalue weighted by Gasteiger charge is -1.95.